The summed E-state index contributed by atoms with van der Waals surface area (Å²) in [5.41, 5.74) is -0.608. The molecule has 0 aliphatic carbocycles. The van der Waals surface area contributed by atoms with Crippen molar-refractivity contribution in [3.05, 3.63) is 0 Å². The first-order chi connectivity index (χ1) is 11.0. The predicted octanol–water partition coefficient (Wildman–Crippen LogP) is 1.90. The van der Waals surface area contributed by atoms with Gasteiger partial charge < -0.3 is 19.3 Å². The van der Waals surface area contributed by atoms with Gasteiger partial charge in [0.25, 0.3) is 0 Å². The average Bonchev–Trinajstić information content (AvgIpc) is 2.92. The Morgan fingerprint density at radius 2 is 1.79 bits per heavy atom. The standard InChI is InChI=1S/C17H30N2O5/c1-11(2)13(15(21)24-17(3,4)5)18(6)14(20)12-8-9-19(10-12)16(22)23-7/h11-13H,8-10H2,1-7H3/t12-,13-/m0/s1. The summed E-state index contributed by atoms with van der Waals surface area (Å²) in [4.78, 5) is 39.8. The minimum Gasteiger partial charge on any atom is -0.458 e. The highest BCUT2D eigenvalue weighted by molar-refractivity contribution is 5.86. The summed E-state index contributed by atoms with van der Waals surface area (Å²) in [5, 5.41) is 0. The Hall–Kier alpha value is -1.79. The molecule has 1 fully saturated rings. The Kier molecular flexibility index (Phi) is 6.63. The van der Waals surface area contributed by atoms with Crippen LogP contribution < -0.4 is 0 Å². The summed E-state index contributed by atoms with van der Waals surface area (Å²) < 4.78 is 10.1. The number of carbonyl (C=O) groups excluding carboxylic acids is 3. The molecule has 1 aliphatic heterocycles. The van der Waals surface area contributed by atoms with E-state index in [9.17, 15) is 14.4 Å². The average molecular weight is 342 g/mol. The van der Waals surface area contributed by atoms with Gasteiger partial charge in [0.05, 0.1) is 13.0 Å². The maximum atomic E-state index is 12.8. The number of esters is 1. The summed E-state index contributed by atoms with van der Waals surface area (Å²) >= 11 is 0. The van der Waals surface area contributed by atoms with Crippen LogP contribution in [0.4, 0.5) is 4.79 Å². The second-order valence-electron chi connectivity index (χ2n) is 7.57. The lowest BCUT2D eigenvalue weighted by Crippen LogP contribution is -2.50. The van der Waals surface area contributed by atoms with Crippen molar-refractivity contribution in [1.29, 1.82) is 0 Å². The van der Waals surface area contributed by atoms with E-state index in [-0.39, 0.29) is 17.7 Å². The van der Waals surface area contributed by atoms with Gasteiger partial charge in [0.2, 0.25) is 5.91 Å². The van der Waals surface area contributed by atoms with Crippen molar-refractivity contribution >= 4 is 18.0 Å². The Morgan fingerprint density at radius 1 is 1.21 bits per heavy atom. The molecule has 0 saturated carbocycles. The summed E-state index contributed by atoms with van der Waals surface area (Å²) in [5.74, 6) is -0.952. The van der Waals surface area contributed by atoms with Gasteiger partial charge in [-0.25, -0.2) is 9.59 Å². The van der Waals surface area contributed by atoms with Crippen LogP contribution in [0.5, 0.6) is 0 Å². The molecule has 0 radical (unpaired) electrons. The van der Waals surface area contributed by atoms with Crippen molar-refractivity contribution < 1.29 is 23.9 Å². The number of rotatable bonds is 4. The van der Waals surface area contributed by atoms with Crippen molar-refractivity contribution in [2.75, 3.05) is 27.2 Å². The first-order valence-corrected chi connectivity index (χ1v) is 8.30. The third kappa shape index (κ3) is 5.11. The summed E-state index contributed by atoms with van der Waals surface area (Å²) in [6.07, 6.45) is 0.137. The predicted molar refractivity (Wildman–Crippen MR) is 89.3 cm³/mol. The van der Waals surface area contributed by atoms with Crippen molar-refractivity contribution in [1.82, 2.24) is 9.80 Å². The van der Waals surface area contributed by atoms with Crippen LogP contribution in [-0.4, -0.2) is 66.7 Å². The molecule has 2 atom stereocenters. The fraction of sp³-hybridized carbons (Fsp3) is 0.824. The minimum absolute atomic E-state index is 0.0769. The molecule has 7 heteroatoms. The topological polar surface area (TPSA) is 76.2 Å². The van der Waals surface area contributed by atoms with Crippen LogP contribution in [-0.2, 0) is 19.1 Å². The Balaban J connectivity index is 2.81. The largest absolute Gasteiger partial charge is 0.458 e. The van der Waals surface area contributed by atoms with Crippen LogP contribution in [0.3, 0.4) is 0 Å². The quantitative estimate of drug-likeness (QED) is 0.729. The second-order valence-corrected chi connectivity index (χ2v) is 7.57. The van der Waals surface area contributed by atoms with Gasteiger partial charge in [0.15, 0.2) is 0 Å². The molecule has 1 aliphatic rings. The van der Waals surface area contributed by atoms with Gasteiger partial charge in [-0.3, -0.25) is 4.79 Å². The Labute approximate surface area is 144 Å². The minimum atomic E-state index is -0.649. The van der Waals surface area contributed by atoms with Crippen molar-refractivity contribution in [3.63, 3.8) is 0 Å². The molecule has 1 saturated heterocycles. The third-order valence-electron chi connectivity index (χ3n) is 4.01. The zero-order chi connectivity index (χ0) is 18.7. The first-order valence-electron chi connectivity index (χ1n) is 8.30. The molecular formula is C17H30N2O5. The normalized spacial score (nSPS) is 19.2. The van der Waals surface area contributed by atoms with E-state index in [1.54, 1.807) is 27.8 Å². The number of carbonyl (C=O) groups is 3. The van der Waals surface area contributed by atoms with E-state index in [1.165, 1.54) is 16.9 Å². The molecule has 2 amide bonds. The molecule has 24 heavy (non-hydrogen) atoms. The number of nitrogens with zero attached hydrogens (tertiary/aromatic N) is 2. The zero-order valence-electron chi connectivity index (χ0n) is 15.8. The molecule has 7 nitrogen and oxygen atoms in total. The molecule has 0 aromatic heterocycles. The van der Waals surface area contributed by atoms with Crippen LogP contribution in [0.25, 0.3) is 0 Å². The highest BCUT2D eigenvalue weighted by Crippen LogP contribution is 2.23. The summed E-state index contributed by atoms with van der Waals surface area (Å²) in [7, 11) is 2.94. The maximum Gasteiger partial charge on any atom is 0.409 e. The maximum absolute atomic E-state index is 12.8. The molecule has 138 valence electrons. The molecule has 1 heterocycles. The number of amides is 2. The fourth-order valence-electron chi connectivity index (χ4n) is 2.92. The highest BCUT2D eigenvalue weighted by Gasteiger charge is 2.39. The zero-order valence-corrected chi connectivity index (χ0v) is 15.8. The summed E-state index contributed by atoms with van der Waals surface area (Å²) in [6, 6.07) is -0.649. The van der Waals surface area contributed by atoms with E-state index in [1.807, 2.05) is 13.8 Å². The van der Waals surface area contributed by atoms with Gasteiger partial charge >= 0.3 is 12.1 Å². The number of likely N-dealkylation sites (tertiary alicyclic amines) is 1. The SMILES string of the molecule is COC(=O)N1CC[C@H](C(=O)N(C)[C@H](C(=O)OC(C)(C)C)C(C)C)C1. The lowest BCUT2D eigenvalue weighted by atomic mass is 9.99. The van der Waals surface area contributed by atoms with Crippen LogP contribution in [0.2, 0.25) is 0 Å². The lowest BCUT2D eigenvalue weighted by molar-refractivity contribution is -0.166. The number of hydrogen-bond donors (Lipinski definition) is 0. The van der Waals surface area contributed by atoms with Gasteiger partial charge in [-0.15, -0.1) is 0 Å². The van der Waals surface area contributed by atoms with Crippen LogP contribution in [0.1, 0.15) is 41.0 Å². The third-order valence-corrected chi connectivity index (χ3v) is 4.01. The molecular weight excluding hydrogens is 312 g/mol. The van der Waals surface area contributed by atoms with Gasteiger partial charge in [-0.05, 0) is 33.1 Å². The van der Waals surface area contributed by atoms with Gasteiger partial charge in [-0.1, -0.05) is 13.8 Å². The van der Waals surface area contributed by atoms with E-state index in [2.05, 4.69) is 4.74 Å². The van der Waals surface area contributed by atoms with E-state index in [0.29, 0.717) is 19.5 Å². The lowest BCUT2D eigenvalue weighted by Gasteiger charge is -2.33. The second kappa shape index (κ2) is 7.85. The van der Waals surface area contributed by atoms with E-state index >= 15 is 0 Å². The molecule has 0 aromatic rings. The number of likely N-dealkylation sites (N-methyl/N-ethyl adjacent to an activating group) is 1. The molecule has 0 aromatic carbocycles. The van der Waals surface area contributed by atoms with Crippen molar-refractivity contribution in [2.24, 2.45) is 11.8 Å². The van der Waals surface area contributed by atoms with Crippen molar-refractivity contribution in [2.45, 2.75) is 52.7 Å². The fourth-order valence-corrected chi connectivity index (χ4v) is 2.92. The summed E-state index contributed by atoms with van der Waals surface area (Å²) in [6.45, 7) is 9.96. The molecule has 0 N–H and O–H groups in total. The van der Waals surface area contributed by atoms with Gasteiger partial charge in [0, 0.05) is 20.1 Å². The molecule has 0 bridgehead atoms. The molecule has 1 rings (SSSR count). The van der Waals surface area contributed by atoms with E-state index < -0.39 is 23.7 Å². The monoisotopic (exact) mass is 342 g/mol. The van der Waals surface area contributed by atoms with Crippen molar-refractivity contribution in [3.8, 4) is 0 Å². The van der Waals surface area contributed by atoms with E-state index in [0.717, 1.165) is 0 Å². The number of hydrogen-bond acceptors (Lipinski definition) is 5. The van der Waals surface area contributed by atoms with Crippen LogP contribution in [0.15, 0.2) is 0 Å². The highest BCUT2D eigenvalue weighted by atomic mass is 16.6. The smallest absolute Gasteiger partial charge is 0.409 e. The Bertz CT molecular complexity index is 484. The Morgan fingerprint density at radius 3 is 2.25 bits per heavy atom. The van der Waals surface area contributed by atoms with Gasteiger partial charge in [-0.2, -0.15) is 0 Å². The number of ether oxygens (including phenoxy) is 2. The first kappa shape index (κ1) is 20.3. The molecule has 0 unspecified atom stereocenters. The van der Waals surface area contributed by atoms with E-state index in [4.69, 9.17) is 4.74 Å². The van der Waals surface area contributed by atoms with Gasteiger partial charge in [0.1, 0.15) is 11.6 Å². The van der Waals surface area contributed by atoms with Crippen LogP contribution >= 0.6 is 0 Å². The van der Waals surface area contributed by atoms with Crippen LogP contribution in [0, 0.1) is 11.8 Å². The number of methoxy groups -OCH3 is 1. The molecule has 0 spiro atoms.